The zero-order valence-corrected chi connectivity index (χ0v) is 41.4. The van der Waals surface area contributed by atoms with Crippen molar-refractivity contribution in [3.8, 4) is 0 Å². The molecule has 1 aromatic heterocycles. The molecule has 1 aliphatic rings. The number of unbranched alkanes of at least 4 members (excludes halogenated alkanes) is 2. The highest BCUT2D eigenvalue weighted by Gasteiger charge is 2.43. The number of methoxy groups -OCH3 is 2. The van der Waals surface area contributed by atoms with Gasteiger partial charge in [0, 0.05) is 51.7 Å². The predicted molar refractivity (Wildman–Crippen MR) is 252 cm³/mol. The zero-order valence-electron chi connectivity index (χ0n) is 40.6. The number of benzene rings is 1. The summed E-state index contributed by atoms with van der Waals surface area (Å²) in [4.78, 5) is 67.6. The number of ketones is 1. The van der Waals surface area contributed by atoms with Gasteiger partial charge in [0.2, 0.25) is 17.7 Å². The van der Waals surface area contributed by atoms with Crippen molar-refractivity contribution < 1.29 is 28.7 Å². The molecule has 350 valence electrons. The van der Waals surface area contributed by atoms with Gasteiger partial charge in [-0.05, 0) is 68.5 Å². The van der Waals surface area contributed by atoms with E-state index in [0.717, 1.165) is 42.8 Å². The third-order valence-electron chi connectivity index (χ3n) is 13.4. The Labute approximate surface area is 379 Å². The number of likely N-dealkylation sites (tertiary alicyclic amines) is 1. The number of carbonyl (C=O) groups is 4. The zero-order chi connectivity index (χ0) is 46.1. The van der Waals surface area contributed by atoms with Gasteiger partial charge in [-0.1, -0.05) is 118 Å². The number of likely N-dealkylation sites (N-methyl/N-ethyl adjacent to an activating group) is 2. The van der Waals surface area contributed by atoms with Crippen LogP contribution in [-0.2, 0) is 35.1 Å². The van der Waals surface area contributed by atoms with Crippen molar-refractivity contribution in [2.45, 2.75) is 163 Å². The Hall–Kier alpha value is -3.19. The molecule has 2 aromatic rings. The van der Waals surface area contributed by atoms with Crippen molar-refractivity contribution in [2.24, 2.45) is 35.5 Å². The van der Waals surface area contributed by atoms with E-state index in [2.05, 4.69) is 56.7 Å². The summed E-state index contributed by atoms with van der Waals surface area (Å²) in [5.41, 5.74) is 1.10. The van der Waals surface area contributed by atoms with E-state index in [1.165, 1.54) is 24.2 Å². The molecule has 12 heteroatoms. The van der Waals surface area contributed by atoms with Crippen LogP contribution in [-0.4, -0.2) is 115 Å². The molecular formula is C50H83N5O6S. The smallest absolute Gasteiger partial charge is 0.226 e. The minimum Gasteiger partial charge on any atom is -0.379 e. The standard InChI is InChI=1S/C50H83N5O6S/c1-14-36(8)46(54(11)50(59)39(34(4)5)31-42(56)45(35(6)7)53(10)27-20-16-17-22-33(2)3)43(60-12)32-44(57)55-28-21-25-41(55)47(61-13)37(9)48(58)52-40(49-51-26-29-62-49)30-38-23-18-15-19-24-38/h15,18-19,23-24,26,29,33-37,39-41,43,45-47H,14,16-17,20-22,25,27-28,30-32H2,1-13H3,(H,52,58)/t36-,37+,39-,40-,41-,43+,45-,46-,47+/m0/s1. The molecular weight excluding hydrogens is 799 g/mol. The Morgan fingerprint density at radius 2 is 1.61 bits per heavy atom. The number of nitrogens with one attached hydrogen (secondary N) is 1. The van der Waals surface area contributed by atoms with Crippen LogP contribution in [0, 0.1) is 35.5 Å². The number of carbonyl (C=O) groups excluding carboxylic acids is 4. The van der Waals surface area contributed by atoms with Crippen LogP contribution >= 0.6 is 11.3 Å². The first-order chi connectivity index (χ1) is 29.5. The first-order valence-electron chi connectivity index (χ1n) is 23.5. The molecule has 9 atom stereocenters. The Balaban J connectivity index is 1.76. The SMILES string of the molecule is CC[C@H](C)[C@@H]([C@@H](CC(=O)N1CCC[C@H]1[C@H](OC)[C@@H](C)C(=O)N[C@@H](Cc1ccccc1)c1nccs1)OC)N(C)C(=O)[C@@H](CC(=O)[C@H](C(C)C)N(C)CCCCCC(C)C)C(C)C. The topological polar surface area (TPSA) is 121 Å². The lowest BCUT2D eigenvalue weighted by atomic mass is 9.83. The molecule has 62 heavy (non-hydrogen) atoms. The summed E-state index contributed by atoms with van der Waals surface area (Å²) in [6.07, 6.45) is 8.36. The maximum absolute atomic E-state index is 14.6. The van der Waals surface area contributed by atoms with Crippen LogP contribution in [0.25, 0.3) is 0 Å². The van der Waals surface area contributed by atoms with Crippen LogP contribution in [0.5, 0.6) is 0 Å². The number of ether oxygens (including phenoxy) is 2. The van der Waals surface area contributed by atoms with Gasteiger partial charge in [0.15, 0.2) is 5.78 Å². The maximum Gasteiger partial charge on any atom is 0.226 e. The molecule has 0 saturated carbocycles. The molecule has 3 amide bonds. The average Bonchev–Trinajstić information content (AvgIpc) is 3.96. The van der Waals surface area contributed by atoms with Gasteiger partial charge in [0.25, 0.3) is 0 Å². The van der Waals surface area contributed by atoms with E-state index in [9.17, 15) is 19.2 Å². The molecule has 0 aliphatic carbocycles. The number of hydrogen-bond donors (Lipinski definition) is 1. The molecule has 1 N–H and O–H groups in total. The van der Waals surface area contributed by atoms with E-state index in [1.807, 2.05) is 75.5 Å². The second-order valence-corrected chi connectivity index (χ2v) is 20.1. The molecule has 0 bridgehead atoms. The summed E-state index contributed by atoms with van der Waals surface area (Å²) in [5.74, 6) is -0.511. The first kappa shape index (κ1) is 53.2. The molecule has 1 aromatic carbocycles. The van der Waals surface area contributed by atoms with E-state index in [0.29, 0.717) is 25.3 Å². The lowest BCUT2D eigenvalue weighted by Crippen LogP contribution is -2.54. The fourth-order valence-electron chi connectivity index (χ4n) is 9.63. The van der Waals surface area contributed by atoms with Crippen molar-refractivity contribution >= 4 is 34.8 Å². The van der Waals surface area contributed by atoms with Gasteiger partial charge in [-0.2, -0.15) is 0 Å². The molecule has 11 nitrogen and oxygen atoms in total. The summed E-state index contributed by atoms with van der Waals surface area (Å²) < 4.78 is 12.2. The maximum atomic E-state index is 14.6. The summed E-state index contributed by atoms with van der Waals surface area (Å²) in [5, 5.41) is 6.01. The highest BCUT2D eigenvalue weighted by atomic mass is 32.1. The lowest BCUT2D eigenvalue weighted by molar-refractivity contribution is -0.149. The van der Waals surface area contributed by atoms with Gasteiger partial charge in [-0.15, -0.1) is 11.3 Å². The van der Waals surface area contributed by atoms with Crippen molar-refractivity contribution in [1.82, 2.24) is 25.0 Å². The summed E-state index contributed by atoms with van der Waals surface area (Å²) in [7, 11) is 7.09. The number of thiazole rings is 1. The number of hydrogen-bond acceptors (Lipinski definition) is 9. The van der Waals surface area contributed by atoms with Crippen LogP contribution in [0.15, 0.2) is 41.9 Å². The minimum atomic E-state index is -0.583. The molecule has 2 heterocycles. The van der Waals surface area contributed by atoms with Crippen LogP contribution < -0.4 is 5.32 Å². The lowest BCUT2D eigenvalue weighted by Gasteiger charge is -2.41. The highest BCUT2D eigenvalue weighted by molar-refractivity contribution is 7.09. The largest absolute Gasteiger partial charge is 0.379 e. The van der Waals surface area contributed by atoms with Crippen molar-refractivity contribution in [1.29, 1.82) is 0 Å². The number of rotatable bonds is 28. The van der Waals surface area contributed by atoms with Gasteiger partial charge in [0.05, 0.1) is 48.7 Å². The summed E-state index contributed by atoms with van der Waals surface area (Å²) in [6, 6.07) is 8.79. The van der Waals surface area contributed by atoms with Crippen LogP contribution in [0.4, 0.5) is 0 Å². The van der Waals surface area contributed by atoms with E-state index in [1.54, 1.807) is 25.3 Å². The Kier molecular flexibility index (Phi) is 22.8. The molecule has 1 saturated heterocycles. The van der Waals surface area contributed by atoms with Gasteiger partial charge in [-0.25, -0.2) is 4.98 Å². The molecule has 1 aliphatic heterocycles. The van der Waals surface area contributed by atoms with E-state index >= 15 is 0 Å². The van der Waals surface area contributed by atoms with Gasteiger partial charge in [0.1, 0.15) is 5.01 Å². The van der Waals surface area contributed by atoms with Crippen molar-refractivity contribution in [3.05, 3.63) is 52.5 Å². The second kappa shape index (κ2) is 26.6. The Morgan fingerprint density at radius 3 is 2.18 bits per heavy atom. The number of Topliss-reactive ketones (excluding diaryl/α,β-unsaturated/α-hetero) is 1. The van der Waals surface area contributed by atoms with Gasteiger partial charge in [-0.3, -0.25) is 24.1 Å². The molecule has 0 radical (unpaired) electrons. The molecule has 0 spiro atoms. The average molecular weight is 882 g/mol. The first-order valence-corrected chi connectivity index (χ1v) is 24.4. The van der Waals surface area contributed by atoms with Crippen LogP contribution in [0.2, 0.25) is 0 Å². The van der Waals surface area contributed by atoms with E-state index in [4.69, 9.17) is 9.47 Å². The number of amides is 3. The second-order valence-electron chi connectivity index (χ2n) is 19.1. The van der Waals surface area contributed by atoms with Crippen LogP contribution in [0.1, 0.15) is 137 Å². The normalized spacial score (nSPS) is 18.4. The third kappa shape index (κ3) is 15.2. The third-order valence-corrected chi connectivity index (χ3v) is 14.3. The minimum absolute atomic E-state index is 0.0157. The highest BCUT2D eigenvalue weighted by Crippen LogP contribution is 2.32. The van der Waals surface area contributed by atoms with Crippen LogP contribution in [0.3, 0.4) is 0 Å². The van der Waals surface area contributed by atoms with Gasteiger partial charge < -0.3 is 24.6 Å². The molecule has 0 unspecified atom stereocenters. The monoisotopic (exact) mass is 882 g/mol. The Bertz CT molecular complexity index is 1620. The Morgan fingerprint density at radius 1 is 0.919 bits per heavy atom. The number of aromatic nitrogens is 1. The molecule has 3 rings (SSSR count). The molecule has 1 fully saturated rings. The number of nitrogens with zero attached hydrogens (tertiary/aromatic N) is 4. The fraction of sp³-hybridized carbons (Fsp3) is 0.740. The van der Waals surface area contributed by atoms with E-state index < -0.39 is 30.1 Å². The van der Waals surface area contributed by atoms with Crippen molar-refractivity contribution in [2.75, 3.05) is 41.4 Å². The predicted octanol–water partition coefficient (Wildman–Crippen LogP) is 8.87. The quantitative estimate of drug-likeness (QED) is 0.0843. The van der Waals surface area contributed by atoms with Gasteiger partial charge >= 0.3 is 0 Å². The summed E-state index contributed by atoms with van der Waals surface area (Å²) >= 11 is 1.51. The summed E-state index contributed by atoms with van der Waals surface area (Å²) in [6.45, 7) is 20.2. The van der Waals surface area contributed by atoms with Crippen molar-refractivity contribution in [3.63, 3.8) is 0 Å². The van der Waals surface area contributed by atoms with E-state index in [-0.39, 0.29) is 72.2 Å². The fourth-order valence-corrected chi connectivity index (χ4v) is 10.3.